The van der Waals surface area contributed by atoms with Gasteiger partial charge >= 0.3 is 0 Å². The van der Waals surface area contributed by atoms with Crippen molar-refractivity contribution in [1.29, 1.82) is 0 Å². The molecule has 0 radical (unpaired) electrons. The Hall–Kier alpha value is -0.620. The van der Waals surface area contributed by atoms with Gasteiger partial charge in [-0.15, -0.1) is 0 Å². The van der Waals surface area contributed by atoms with E-state index < -0.39 is 11.7 Å². The molecule has 0 amide bonds. The smallest absolute Gasteiger partial charge is 0.126 e. The number of ether oxygens (including phenoxy) is 2. The van der Waals surface area contributed by atoms with E-state index in [1.807, 2.05) is 0 Å². The Balaban J connectivity index is 2.26. The third-order valence-corrected chi connectivity index (χ3v) is 4.25. The van der Waals surface area contributed by atoms with Crippen molar-refractivity contribution in [3.05, 3.63) is 16.9 Å². The van der Waals surface area contributed by atoms with Gasteiger partial charge in [0.2, 0.25) is 0 Å². The van der Waals surface area contributed by atoms with Gasteiger partial charge in [-0.2, -0.15) is 5.10 Å². The number of aliphatic hydroxyl groups is 1. The Morgan fingerprint density at radius 3 is 2.74 bits per heavy atom. The first kappa shape index (κ1) is 14.8. The highest BCUT2D eigenvalue weighted by molar-refractivity contribution is 6.31. The first-order valence-corrected chi connectivity index (χ1v) is 6.96. The molecule has 1 unspecified atom stereocenters. The maximum Gasteiger partial charge on any atom is 0.126 e. The molecule has 0 bridgehead atoms. The Labute approximate surface area is 118 Å². The number of hydrogen-bond acceptors (Lipinski definition) is 4. The second-order valence-corrected chi connectivity index (χ2v) is 5.38. The van der Waals surface area contributed by atoms with Gasteiger partial charge in [0, 0.05) is 14.2 Å². The number of methoxy groups -OCH3 is 2. The molecule has 1 heterocycles. The molecule has 0 saturated heterocycles. The highest BCUT2D eigenvalue weighted by Gasteiger charge is 2.43. The van der Waals surface area contributed by atoms with Crippen molar-refractivity contribution in [2.24, 2.45) is 0 Å². The van der Waals surface area contributed by atoms with Gasteiger partial charge in [-0.25, -0.2) is 0 Å². The van der Waals surface area contributed by atoms with Gasteiger partial charge in [0.25, 0.3) is 0 Å². The van der Waals surface area contributed by atoms with Crippen LogP contribution in [0.1, 0.15) is 37.5 Å². The molecule has 1 fully saturated rings. The number of aliphatic hydroxyl groups excluding tert-OH is 1. The molecule has 1 saturated carbocycles. The lowest BCUT2D eigenvalue weighted by molar-refractivity contribution is -0.103. The Morgan fingerprint density at radius 1 is 1.47 bits per heavy atom. The van der Waals surface area contributed by atoms with E-state index >= 15 is 0 Å². The van der Waals surface area contributed by atoms with Crippen molar-refractivity contribution in [3.8, 4) is 0 Å². The second-order valence-electron chi connectivity index (χ2n) is 4.97. The maximum absolute atomic E-state index is 10.7. The lowest BCUT2D eigenvalue weighted by Crippen LogP contribution is -2.37. The van der Waals surface area contributed by atoms with E-state index in [2.05, 4.69) is 5.10 Å². The average Bonchev–Trinajstić information content (AvgIpc) is 3.03. The summed E-state index contributed by atoms with van der Waals surface area (Å²) in [5.41, 5.74) is 0.0940. The predicted molar refractivity (Wildman–Crippen MR) is 72.3 cm³/mol. The van der Waals surface area contributed by atoms with Crippen LogP contribution in [0.3, 0.4) is 0 Å². The van der Waals surface area contributed by atoms with Gasteiger partial charge in [-0.3, -0.25) is 4.68 Å². The summed E-state index contributed by atoms with van der Waals surface area (Å²) in [7, 11) is 3.28. The molecule has 5 nitrogen and oxygen atoms in total. The zero-order chi connectivity index (χ0) is 13.9. The van der Waals surface area contributed by atoms with Crippen LogP contribution in [0.4, 0.5) is 0 Å². The van der Waals surface area contributed by atoms with Crippen molar-refractivity contribution in [2.75, 3.05) is 20.8 Å². The highest BCUT2D eigenvalue weighted by atomic mass is 35.5. The standard InChI is InChI=1S/C13H21ClN2O3/c1-18-8-7-16-11(10(14)9-15-16)12(17)13(19-2)5-3-4-6-13/h9,12,17H,3-8H2,1-2H3. The van der Waals surface area contributed by atoms with E-state index in [1.54, 1.807) is 25.1 Å². The summed E-state index contributed by atoms with van der Waals surface area (Å²) in [6.45, 7) is 1.09. The number of rotatable bonds is 6. The normalized spacial score (nSPS) is 19.8. The summed E-state index contributed by atoms with van der Waals surface area (Å²) in [5.74, 6) is 0. The maximum atomic E-state index is 10.7. The summed E-state index contributed by atoms with van der Waals surface area (Å²) in [4.78, 5) is 0. The summed E-state index contributed by atoms with van der Waals surface area (Å²) in [6, 6.07) is 0. The molecule has 0 spiro atoms. The van der Waals surface area contributed by atoms with Crippen molar-refractivity contribution in [2.45, 2.75) is 43.9 Å². The lowest BCUT2D eigenvalue weighted by atomic mass is 9.92. The van der Waals surface area contributed by atoms with Crippen LogP contribution in [0.15, 0.2) is 6.20 Å². The van der Waals surface area contributed by atoms with Crippen LogP contribution in [-0.2, 0) is 16.0 Å². The van der Waals surface area contributed by atoms with Crippen LogP contribution in [0.2, 0.25) is 5.02 Å². The fourth-order valence-corrected chi connectivity index (χ4v) is 3.06. The Kier molecular flexibility index (Phi) is 4.84. The van der Waals surface area contributed by atoms with Crippen molar-refractivity contribution < 1.29 is 14.6 Å². The van der Waals surface area contributed by atoms with E-state index in [4.69, 9.17) is 21.1 Å². The molecular weight excluding hydrogens is 268 g/mol. The SMILES string of the molecule is COCCn1ncc(Cl)c1C(O)C1(OC)CCCC1. The molecule has 1 aliphatic rings. The Bertz CT molecular complexity index is 416. The molecular formula is C13H21ClN2O3. The highest BCUT2D eigenvalue weighted by Crippen LogP contribution is 2.43. The zero-order valence-electron chi connectivity index (χ0n) is 11.4. The fourth-order valence-electron chi connectivity index (χ4n) is 2.81. The zero-order valence-corrected chi connectivity index (χ0v) is 12.2. The van der Waals surface area contributed by atoms with E-state index in [1.165, 1.54) is 0 Å². The van der Waals surface area contributed by atoms with Gasteiger partial charge < -0.3 is 14.6 Å². The van der Waals surface area contributed by atoms with Gasteiger partial charge in [0.1, 0.15) is 6.10 Å². The number of nitrogens with zero attached hydrogens (tertiary/aromatic N) is 2. The summed E-state index contributed by atoms with van der Waals surface area (Å²) >= 11 is 6.18. The van der Waals surface area contributed by atoms with E-state index in [0.29, 0.717) is 23.9 Å². The van der Waals surface area contributed by atoms with E-state index in [0.717, 1.165) is 25.7 Å². The third-order valence-electron chi connectivity index (χ3n) is 3.95. The Morgan fingerprint density at radius 2 is 2.16 bits per heavy atom. The first-order chi connectivity index (χ1) is 9.14. The second kappa shape index (κ2) is 6.22. The van der Waals surface area contributed by atoms with E-state index in [9.17, 15) is 5.11 Å². The lowest BCUT2D eigenvalue weighted by Gasteiger charge is -2.33. The molecule has 0 aromatic carbocycles. The molecule has 0 aliphatic heterocycles. The molecule has 1 aromatic rings. The van der Waals surface area contributed by atoms with Crippen LogP contribution < -0.4 is 0 Å². The van der Waals surface area contributed by atoms with Crippen molar-refractivity contribution >= 4 is 11.6 Å². The van der Waals surface area contributed by atoms with Crippen molar-refractivity contribution in [1.82, 2.24) is 9.78 Å². The van der Waals surface area contributed by atoms with Crippen LogP contribution in [-0.4, -0.2) is 41.3 Å². The summed E-state index contributed by atoms with van der Waals surface area (Å²) in [6.07, 6.45) is 4.62. The topological polar surface area (TPSA) is 56.5 Å². The van der Waals surface area contributed by atoms with Gasteiger partial charge in [-0.05, 0) is 12.8 Å². The van der Waals surface area contributed by atoms with Gasteiger partial charge in [-0.1, -0.05) is 24.4 Å². The van der Waals surface area contributed by atoms with E-state index in [-0.39, 0.29) is 0 Å². The van der Waals surface area contributed by atoms with Crippen LogP contribution >= 0.6 is 11.6 Å². The average molecular weight is 289 g/mol. The minimum Gasteiger partial charge on any atom is -0.384 e. The number of hydrogen-bond donors (Lipinski definition) is 1. The number of halogens is 1. The summed E-state index contributed by atoms with van der Waals surface area (Å²) in [5, 5.41) is 15.4. The molecule has 1 atom stereocenters. The van der Waals surface area contributed by atoms with Gasteiger partial charge in [0.15, 0.2) is 0 Å². The molecule has 2 rings (SSSR count). The number of aromatic nitrogens is 2. The van der Waals surface area contributed by atoms with Crippen LogP contribution in [0.5, 0.6) is 0 Å². The summed E-state index contributed by atoms with van der Waals surface area (Å²) < 4.78 is 12.4. The minimum absolute atomic E-state index is 0.479. The monoisotopic (exact) mass is 288 g/mol. The molecule has 108 valence electrons. The molecule has 1 aromatic heterocycles. The van der Waals surface area contributed by atoms with Crippen LogP contribution in [0, 0.1) is 0 Å². The van der Waals surface area contributed by atoms with Crippen molar-refractivity contribution in [3.63, 3.8) is 0 Å². The quantitative estimate of drug-likeness (QED) is 0.872. The molecule has 1 aliphatic carbocycles. The predicted octanol–water partition coefficient (Wildman–Crippen LogP) is 2.18. The molecule has 6 heteroatoms. The largest absolute Gasteiger partial charge is 0.384 e. The fraction of sp³-hybridized carbons (Fsp3) is 0.769. The molecule has 19 heavy (non-hydrogen) atoms. The minimum atomic E-state index is -0.758. The third kappa shape index (κ3) is 2.79. The first-order valence-electron chi connectivity index (χ1n) is 6.58. The molecule has 1 N–H and O–H groups in total. The van der Waals surface area contributed by atoms with Gasteiger partial charge in [0.05, 0.1) is 35.7 Å². The van der Waals surface area contributed by atoms with Crippen LogP contribution in [0.25, 0.3) is 0 Å².